The number of halogens is 3. The lowest BCUT2D eigenvalue weighted by Crippen LogP contribution is -2.59. The summed E-state index contributed by atoms with van der Waals surface area (Å²) in [6, 6.07) is 4.93. The average Bonchev–Trinajstić information content (AvgIpc) is 3.53. The number of benzene rings is 1. The fraction of sp³-hybridized carbons (Fsp3) is 0.591. The Balaban J connectivity index is 1.45. The van der Waals surface area contributed by atoms with Crippen molar-refractivity contribution in [2.24, 2.45) is 0 Å². The summed E-state index contributed by atoms with van der Waals surface area (Å²) >= 11 is 9.82. The van der Waals surface area contributed by atoms with Gasteiger partial charge in [0.15, 0.2) is 15.7 Å². The third-order valence-corrected chi connectivity index (χ3v) is 9.44. The lowest BCUT2D eigenvalue weighted by Gasteiger charge is -2.48. The molecule has 9 nitrogen and oxygen atoms in total. The van der Waals surface area contributed by atoms with Gasteiger partial charge in [0.05, 0.1) is 16.3 Å². The second-order valence-electron chi connectivity index (χ2n) is 9.82. The Morgan fingerprint density at radius 1 is 1.05 bits per heavy atom. The molecule has 0 N–H and O–H groups in total. The first-order chi connectivity index (χ1) is 17.3. The highest BCUT2D eigenvalue weighted by molar-refractivity contribution is 7.91. The molecule has 1 aromatic carbocycles. The highest BCUT2D eigenvalue weighted by atomic mass is 32.2. The number of ether oxygens (including phenoxy) is 1. The molecule has 0 radical (unpaired) electrons. The quantitative estimate of drug-likeness (QED) is 0.536. The molecule has 3 aliphatic rings. The van der Waals surface area contributed by atoms with Crippen molar-refractivity contribution in [3.05, 3.63) is 41.5 Å². The lowest BCUT2D eigenvalue weighted by atomic mass is 9.82. The number of hydrogen-bond acceptors (Lipinski definition) is 9. The molecule has 3 fully saturated rings. The van der Waals surface area contributed by atoms with E-state index in [4.69, 9.17) is 29.8 Å². The van der Waals surface area contributed by atoms with Gasteiger partial charge in [0.2, 0.25) is 5.89 Å². The van der Waals surface area contributed by atoms with Crippen molar-refractivity contribution in [3.63, 3.8) is 0 Å². The predicted molar refractivity (Wildman–Crippen MR) is 133 cm³/mol. The standard InChI is InChI=1S/C22H25F3N4O5S3/c23-22(24,25)33-16-5-3-15(4-6-16)20(35)11-21(36,18-26-17(27-34-18)14-1-2-14)13-29(12-20)19(30)28-7-9-37(31,32)10-8-28/h3-6,14,35-36H,1-2,7-13H2. The SMILES string of the molecule is O=C(N1CCS(=O)(=O)CC1)N1CC(S)(c2ccc(OC(F)(F)F)cc2)CC(S)(c2nc(C3CC3)no2)C1. The normalized spacial score (nSPS) is 28.2. The number of hydrogen-bond donors (Lipinski definition) is 2. The molecule has 0 bridgehead atoms. The second-order valence-corrected chi connectivity index (χ2v) is 13.8. The summed E-state index contributed by atoms with van der Waals surface area (Å²) in [5, 5.41) is 4.08. The van der Waals surface area contributed by atoms with Gasteiger partial charge in [-0.1, -0.05) is 17.3 Å². The fourth-order valence-corrected chi connectivity index (χ4v) is 7.20. The molecule has 2 unspecified atom stereocenters. The molecule has 1 aliphatic carbocycles. The number of amides is 2. The molecule has 0 spiro atoms. The number of aromatic nitrogens is 2. The van der Waals surface area contributed by atoms with Crippen molar-refractivity contribution in [1.29, 1.82) is 0 Å². The van der Waals surface area contributed by atoms with Crippen LogP contribution in [-0.2, 0) is 19.3 Å². The molecule has 15 heteroatoms. The predicted octanol–water partition coefficient (Wildman–Crippen LogP) is 3.35. The molecule has 2 atom stereocenters. The van der Waals surface area contributed by atoms with Gasteiger partial charge in [0, 0.05) is 32.1 Å². The van der Waals surface area contributed by atoms with Crippen LogP contribution in [0.5, 0.6) is 5.75 Å². The molecule has 2 aliphatic heterocycles. The Bertz CT molecular complexity index is 1270. The minimum atomic E-state index is -4.83. The molecule has 202 valence electrons. The Morgan fingerprint density at radius 2 is 1.68 bits per heavy atom. The Morgan fingerprint density at radius 3 is 2.27 bits per heavy atom. The number of piperidine rings is 1. The van der Waals surface area contributed by atoms with Gasteiger partial charge in [0.25, 0.3) is 0 Å². The van der Waals surface area contributed by atoms with Crippen molar-refractivity contribution in [2.75, 3.05) is 37.7 Å². The van der Waals surface area contributed by atoms with E-state index in [1.165, 1.54) is 34.1 Å². The first kappa shape index (κ1) is 26.5. The number of nitrogens with zero attached hydrogens (tertiary/aromatic N) is 4. The number of alkyl halides is 3. The number of carbonyl (C=O) groups excluding carboxylic acids is 1. The summed E-state index contributed by atoms with van der Waals surface area (Å²) in [4.78, 5) is 21.0. The molecule has 2 saturated heterocycles. The highest BCUT2D eigenvalue weighted by Gasteiger charge is 2.51. The van der Waals surface area contributed by atoms with Gasteiger partial charge in [-0.15, -0.1) is 13.2 Å². The molecule has 37 heavy (non-hydrogen) atoms. The molecule has 3 heterocycles. The maximum atomic E-state index is 13.5. The topological polar surface area (TPSA) is 106 Å². The van der Waals surface area contributed by atoms with Gasteiger partial charge in [-0.05, 0) is 37.0 Å². The molecule has 1 aromatic heterocycles. The molecule has 1 saturated carbocycles. The summed E-state index contributed by atoms with van der Waals surface area (Å²) in [7, 11) is -3.20. The third-order valence-electron chi connectivity index (χ3n) is 6.78. The van der Waals surface area contributed by atoms with Crippen LogP contribution < -0.4 is 4.74 Å². The van der Waals surface area contributed by atoms with E-state index >= 15 is 0 Å². The first-order valence-corrected chi connectivity index (χ1v) is 14.4. The van der Waals surface area contributed by atoms with Gasteiger partial charge in [-0.3, -0.25) is 0 Å². The van der Waals surface area contributed by atoms with E-state index in [1.54, 1.807) is 0 Å². The number of urea groups is 1. The van der Waals surface area contributed by atoms with E-state index in [0.717, 1.165) is 12.8 Å². The zero-order valence-electron chi connectivity index (χ0n) is 19.5. The average molecular weight is 579 g/mol. The Labute approximate surface area is 222 Å². The monoisotopic (exact) mass is 578 g/mol. The minimum absolute atomic E-state index is 0.0622. The minimum Gasteiger partial charge on any atom is -0.406 e. The van der Waals surface area contributed by atoms with E-state index in [9.17, 15) is 26.4 Å². The van der Waals surface area contributed by atoms with Crippen LogP contribution in [-0.4, -0.2) is 78.4 Å². The molecule has 2 aromatic rings. The van der Waals surface area contributed by atoms with E-state index in [1.807, 2.05) is 0 Å². The zero-order valence-corrected chi connectivity index (χ0v) is 22.1. The van der Waals surface area contributed by atoms with Gasteiger partial charge in [-0.2, -0.15) is 30.2 Å². The highest BCUT2D eigenvalue weighted by Crippen LogP contribution is 2.49. The van der Waals surface area contributed by atoms with Crippen molar-refractivity contribution < 1.29 is 35.6 Å². The summed E-state index contributed by atoms with van der Waals surface area (Å²) in [5.74, 6) is 0.403. The largest absolute Gasteiger partial charge is 0.573 e. The fourth-order valence-electron chi connectivity index (χ4n) is 4.76. The Kier molecular flexibility index (Phi) is 6.62. The van der Waals surface area contributed by atoms with Crippen LogP contribution in [0.3, 0.4) is 0 Å². The van der Waals surface area contributed by atoms with Crippen LogP contribution in [0.2, 0.25) is 0 Å². The van der Waals surface area contributed by atoms with E-state index in [-0.39, 0.29) is 67.7 Å². The number of sulfone groups is 1. The summed E-state index contributed by atoms with van der Waals surface area (Å²) < 4.78 is 69.0. The van der Waals surface area contributed by atoms with Crippen LogP contribution in [0, 0.1) is 0 Å². The van der Waals surface area contributed by atoms with Crippen LogP contribution in [0.15, 0.2) is 28.8 Å². The maximum Gasteiger partial charge on any atom is 0.573 e. The van der Waals surface area contributed by atoms with Gasteiger partial charge < -0.3 is 19.1 Å². The Hall–Kier alpha value is -2.13. The number of carbonyl (C=O) groups is 1. The number of thiol groups is 2. The van der Waals surface area contributed by atoms with Crippen LogP contribution in [0.25, 0.3) is 0 Å². The summed E-state index contributed by atoms with van der Waals surface area (Å²) in [6.07, 6.45) is -2.67. The van der Waals surface area contributed by atoms with Crippen molar-refractivity contribution in [3.8, 4) is 5.75 Å². The van der Waals surface area contributed by atoms with Crippen LogP contribution in [0.1, 0.15) is 42.5 Å². The van der Waals surface area contributed by atoms with Crippen molar-refractivity contribution in [1.82, 2.24) is 19.9 Å². The summed E-state index contributed by atoms with van der Waals surface area (Å²) in [6.45, 7) is 0.324. The van der Waals surface area contributed by atoms with Crippen LogP contribution in [0.4, 0.5) is 18.0 Å². The lowest BCUT2D eigenvalue weighted by molar-refractivity contribution is -0.274. The van der Waals surface area contributed by atoms with Crippen molar-refractivity contribution in [2.45, 2.75) is 41.0 Å². The van der Waals surface area contributed by atoms with E-state index in [0.29, 0.717) is 11.4 Å². The summed E-state index contributed by atoms with van der Waals surface area (Å²) in [5.41, 5.74) is 0.546. The number of rotatable bonds is 4. The van der Waals surface area contributed by atoms with Crippen LogP contribution >= 0.6 is 25.3 Å². The third kappa shape index (κ3) is 5.82. The molecule has 2 amide bonds. The second kappa shape index (κ2) is 9.26. The molecule has 5 rings (SSSR count). The van der Waals surface area contributed by atoms with Gasteiger partial charge in [0.1, 0.15) is 10.5 Å². The van der Waals surface area contributed by atoms with Gasteiger partial charge in [-0.25, -0.2) is 13.2 Å². The maximum absolute atomic E-state index is 13.5. The molecular weight excluding hydrogens is 553 g/mol. The zero-order chi connectivity index (χ0) is 26.6. The first-order valence-electron chi connectivity index (χ1n) is 11.6. The number of likely N-dealkylation sites (tertiary alicyclic amines) is 1. The van der Waals surface area contributed by atoms with Gasteiger partial charge >= 0.3 is 12.4 Å². The van der Waals surface area contributed by atoms with Crippen molar-refractivity contribution >= 4 is 41.1 Å². The smallest absolute Gasteiger partial charge is 0.406 e. The van der Waals surface area contributed by atoms with E-state index < -0.39 is 25.7 Å². The molecular formula is C22H25F3N4O5S3. The van der Waals surface area contributed by atoms with E-state index in [2.05, 4.69) is 14.9 Å².